The van der Waals surface area contributed by atoms with Crippen molar-refractivity contribution in [2.24, 2.45) is 5.92 Å². The Kier molecular flexibility index (Phi) is 3.99. The second-order valence-electron chi connectivity index (χ2n) is 5.75. The fourth-order valence-corrected chi connectivity index (χ4v) is 2.97. The van der Waals surface area contributed by atoms with Gasteiger partial charge in [0.15, 0.2) is 0 Å². The van der Waals surface area contributed by atoms with Crippen molar-refractivity contribution in [2.45, 2.75) is 25.2 Å². The van der Waals surface area contributed by atoms with Gasteiger partial charge < -0.3 is 15.0 Å². The normalized spacial score (nSPS) is 25.6. The molecular formula is C15H17F3N2O2. The molecule has 0 aliphatic carbocycles. The molecule has 2 atom stereocenters. The predicted octanol–water partition coefficient (Wildman–Crippen LogP) is 2.64. The molecule has 0 aromatic heterocycles. The maximum Gasteiger partial charge on any atom is 0.416 e. The summed E-state index contributed by atoms with van der Waals surface area (Å²) in [7, 11) is 0. The molecule has 7 heteroatoms. The largest absolute Gasteiger partial charge is 0.444 e. The molecule has 2 heterocycles. The standard InChI is InChI=1S/C15H17F3N2O2/c16-15(17,18)12-3-1-2-10(6-12)8-20-9-13(22-14(20)21)11-4-5-19-7-11/h1-3,6,11,13,19H,4-5,7-9H2. The second-order valence-corrected chi connectivity index (χ2v) is 5.75. The van der Waals surface area contributed by atoms with Gasteiger partial charge in [0.2, 0.25) is 0 Å². The van der Waals surface area contributed by atoms with Gasteiger partial charge in [0.1, 0.15) is 6.10 Å². The molecule has 0 spiro atoms. The minimum absolute atomic E-state index is 0.138. The van der Waals surface area contributed by atoms with E-state index in [0.717, 1.165) is 31.6 Å². The van der Waals surface area contributed by atoms with Crippen LogP contribution in [-0.2, 0) is 17.5 Å². The highest BCUT2D eigenvalue weighted by atomic mass is 19.4. The van der Waals surface area contributed by atoms with Crippen LogP contribution < -0.4 is 5.32 Å². The number of carbonyl (C=O) groups is 1. The molecule has 2 unspecified atom stereocenters. The second kappa shape index (κ2) is 5.79. The predicted molar refractivity (Wildman–Crippen MR) is 73.1 cm³/mol. The number of halogens is 3. The number of benzene rings is 1. The van der Waals surface area contributed by atoms with Gasteiger partial charge in [-0.1, -0.05) is 12.1 Å². The fourth-order valence-electron chi connectivity index (χ4n) is 2.97. The summed E-state index contributed by atoms with van der Waals surface area (Å²) in [5, 5.41) is 3.22. The van der Waals surface area contributed by atoms with Gasteiger partial charge in [-0.15, -0.1) is 0 Å². The van der Waals surface area contributed by atoms with E-state index in [9.17, 15) is 18.0 Å². The van der Waals surface area contributed by atoms with Crippen molar-refractivity contribution in [1.82, 2.24) is 10.2 Å². The first-order chi connectivity index (χ1) is 10.4. The van der Waals surface area contributed by atoms with E-state index < -0.39 is 17.8 Å². The molecule has 22 heavy (non-hydrogen) atoms. The van der Waals surface area contributed by atoms with Gasteiger partial charge in [0.25, 0.3) is 0 Å². The number of hydrogen-bond acceptors (Lipinski definition) is 3. The molecule has 2 saturated heterocycles. The van der Waals surface area contributed by atoms with E-state index in [1.807, 2.05) is 0 Å². The van der Waals surface area contributed by atoms with Crippen molar-refractivity contribution in [3.05, 3.63) is 35.4 Å². The molecule has 4 nitrogen and oxygen atoms in total. The van der Waals surface area contributed by atoms with Crippen molar-refractivity contribution in [1.29, 1.82) is 0 Å². The van der Waals surface area contributed by atoms with Crippen molar-refractivity contribution in [3.8, 4) is 0 Å². The summed E-state index contributed by atoms with van der Waals surface area (Å²) in [5.41, 5.74) is -0.244. The summed E-state index contributed by atoms with van der Waals surface area (Å²) in [4.78, 5) is 13.4. The van der Waals surface area contributed by atoms with Gasteiger partial charge in [0, 0.05) is 19.0 Å². The lowest BCUT2D eigenvalue weighted by atomic mass is 10.0. The summed E-state index contributed by atoms with van der Waals surface area (Å²) in [5.74, 6) is 0.287. The Morgan fingerprint density at radius 3 is 2.86 bits per heavy atom. The summed E-state index contributed by atoms with van der Waals surface area (Å²) in [6, 6.07) is 5.06. The maximum atomic E-state index is 12.7. The average Bonchev–Trinajstić information content (AvgIpc) is 3.09. The molecular weight excluding hydrogens is 297 g/mol. The van der Waals surface area contributed by atoms with Gasteiger partial charge in [-0.25, -0.2) is 4.79 Å². The molecule has 1 aromatic carbocycles. The summed E-state index contributed by atoms with van der Waals surface area (Å²) < 4.78 is 43.5. The third kappa shape index (κ3) is 3.19. The minimum Gasteiger partial charge on any atom is -0.444 e. The smallest absolute Gasteiger partial charge is 0.416 e. The number of cyclic esters (lactones) is 1. The first-order valence-electron chi connectivity index (χ1n) is 7.26. The van der Waals surface area contributed by atoms with Gasteiger partial charge in [-0.05, 0) is 30.7 Å². The van der Waals surface area contributed by atoms with E-state index in [-0.39, 0.29) is 18.6 Å². The summed E-state index contributed by atoms with van der Waals surface area (Å²) >= 11 is 0. The Balaban J connectivity index is 1.67. The van der Waals surface area contributed by atoms with Crippen LogP contribution in [0.25, 0.3) is 0 Å². The Bertz CT molecular complexity index is 556. The van der Waals surface area contributed by atoms with Crippen molar-refractivity contribution >= 4 is 6.09 Å². The zero-order valence-electron chi connectivity index (χ0n) is 11.9. The lowest BCUT2D eigenvalue weighted by Crippen LogP contribution is -2.28. The number of carbonyl (C=O) groups excluding carboxylic acids is 1. The summed E-state index contributed by atoms with van der Waals surface area (Å²) in [6.45, 7) is 2.29. The number of nitrogens with zero attached hydrogens (tertiary/aromatic N) is 1. The van der Waals surface area contributed by atoms with E-state index in [4.69, 9.17) is 4.74 Å². The Morgan fingerprint density at radius 2 is 2.18 bits per heavy atom. The number of amides is 1. The van der Waals surface area contributed by atoms with Crippen molar-refractivity contribution in [3.63, 3.8) is 0 Å². The zero-order chi connectivity index (χ0) is 15.7. The monoisotopic (exact) mass is 314 g/mol. The molecule has 0 saturated carbocycles. The van der Waals surface area contributed by atoms with Crippen LogP contribution in [-0.4, -0.2) is 36.7 Å². The molecule has 120 valence electrons. The SMILES string of the molecule is O=C1OC(C2CCNC2)CN1Cc1cccc(C(F)(F)F)c1. The van der Waals surface area contributed by atoms with Crippen LogP contribution in [0.1, 0.15) is 17.5 Å². The molecule has 1 N–H and O–H groups in total. The quantitative estimate of drug-likeness (QED) is 0.932. The van der Waals surface area contributed by atoms with Crippen LogP contribution in [0.15, 0.2) is 24.3 Å². The number of rotatable bonds is 3. The molecule has 2 aliphatic heterocycles. The highest BCUT2D eigenvalue weighted by Crippen LogP contribution is 2.30. The first-order valence-corrected chi connectivity index (χ1v) is 7.26. The highest BCUT2D eigenvalue weighted by molar-refractivity contribution is 5.70. The van der Waals surface area contributed by atoms with E-state index >= 15 is 0 Å². The van der Waals surface area contributed by atoms with E-state index in [0.29, 0.717) is 12.1 Å². The fraction of sp³-hybridized carbons (Fsp3) is 0.533. The Hall–Kier alpha value is -1.76. The molecule has 1 amide bonds. The number of ether oxygens (including phenoxy) is 1. The van der Waals surface area contributed by atoms with Crippen molar-refractivity contribution in [2.75, 3.05) is 19.6 Å². The van der Waals surface area contributed by atoms with Crippen LogP contribution in [0.3, 0.4) is 0 Å². The van der Waals surface area contributed by atoms with E-state index in [2.05, 4.69) is 5.32 Å². The van der Waals surface area contributed by atoms with E-state index in [1.54, 1.807) is 6.07 Å². The van der Waals surface area contributed by atoms with Crippen LogP contribution in [0, 0.1) is 5.92 Å². The molecule has 0 bridgehead atoms. The third-order valence-corrected chi connectivity index (χ3v) is 4.16. The number of hydrogen-bond donors (Lipinski definition) is 1. The van der Waals surface area contributed by atoms with Crippen LogP contribution in [0.4, 0.5) is 18.0 Å². The van der Waals surface area contributed by atoms with Gasteiger partial charge in [-0.2, -0.15) is 13.2 Å². The topological polar surface area (TPSA) is 41.6 Å². The Morgan fingerprint density at radius 1 is 1.36 bits per heavy atom. The van der Waals surface area contributed by atoms with Gasteiger partial charge >= 0.3 is 12.3 Å². The lowest BCUT2D eigenvalue weighted by Gasteiger charge is -2.16. The first kappa shape index (κ1) is 15.1. The van der Waals surface area contributed by atoms with Crippen molar-refractivity contribution < 1.29 is 22.7 Å². The molecule has 3 rings (SSSR count). The zero-order valence-corrected chi connectivity index (χ0v) is 11.9. The highest BCUT2D eigenvalue weighted by Gasteiger charge is 2.38. The molecule has 0 radical (unpaired) electrons. The minimum atomic E-state index is -4.38. The van der Waals surface area contributed by atoms with E-state index in [1.165, 1.54) is 11.0 Å². The van der Waals surface area contributed by atoms with Crippen LogP contribution in [0.5, 0.6) is 0 Å². The molecule has 1 aromatic rings. The van der Waals surface area contributed by atoms with Gasteiger partial charge in [0.05, 0.1) is 12.1 Å². The lowest BCUT2D eigenvalue weighted by molar-refractivity contribution is -0.137. The van der Waals surface area contributed by atoms with Gasteiger partial charge in [-0.3, -0.25) is 0 Å². The number of nitrogens with one attached hydrogen (secondary N) is 1. The van der Waals surface area contributed by atoms with Crippen LogP contribution in [0.2, 0.25) is 0 Å². The molecule has 2 aliphatic rings. The Labute approximate surface area is 126 Å². The average molecular weight is 314 g/mol. The third-order valence-electron chi connectivity index (χ3n) is 4.16. The summed E-state index contributed by atoms with van der Waals surface area (Å²) in [6.07, 6.45) is -4.04. The maximum absolute atomic E-state index is 12.7. The number of alkyl halides is 3. The molecule has 2 fully saturated rings. The van der Waals surface area contributed by atoms with Crippen LogP contribution >= 0.6 is 0 Å².